The highest BCUT2D eigenvalue weighted by Crippen LogP contribution is 2.44. The minimum Gasteiger partial charge on any atom is -0.0988 e. The molecule has 0 nitrogen and oxygen atoms in total. The van der Waals surface area contributed by atoms with Gasteiger partial charge in [0.25, 0.3) is 0 Å². The van der Waals surface area contributed by atoms with Crippen molar-refractivity contribution in [3.63, 3.8) is 0 Å². The van der Waals surface area contributed by atoms with Crippen molar-refractivity contribution in [3.8, 4) is 55.6 Å². The van der Waals surface area contributed by atoms with Crippen LogP contribution >= 0.6 is 0 Å². The van der Waals surface area contributed by atoms with Gasteiger partial charge in [-0.05, 0) is 113 Å². The van der Waals surface area contributed by atoms with Crippen molar-refractivity contribution in [2.75, 3.05) is 0 Å². The molecule has 0 unspecified atom stereocenters. The van der Waals surface area contributed by atoms with Crippen LogP contribution in [0.4, 0.5) is 0 Å². The topological polar surface area (TPSA) is 0 Å². The first-order valence-electron chi connectivity index (χ1n) is 20.1. The molecule has 0 heteroatoms. The fraction of sp³-hybridized carbons (Fsp3) is 0.0345. The smallest absolute Gasteiger partial charge is 0.00987 e. The van der Waals surface area contributed by atoms with Crippen LogP contribution in [0.5, 0.6) is 0 Å². The highest BCUT2D eigenvalue weighted by molar-refractivity contribution is 6.16. The van der Waals surface area contributed by atoms with Crippen molar-refractivity contribution in [1.29, 1.82) is 0 Å². The lowest BCUT2D eigenvalue weighted by atomic mass is 9.86. The summed E-state index contributed by atoms with van der Waals surface area (Å²) in [5.41, 5.74) is 13.7. The number of fused-ring (bicyclic) bond motifs is 4. The second-order valence-corrected chi connectivity index (χ2v) is 14.8. The van der Waals surface area contributed by atoms with Crippen LogP contribution in [0.3, 0.4) is 0 Å². The average Bonchev–Trinajstić information content (AvgIpc) is 3.30. The molecule has 0 radical (unpaired) electrons. The van der Waals surface area contributed by atoms with Crippen LogP contribution in [-0.2, 0) is 0 Å². The van der Waals surface area contributed by atoms with E-state index in [4.69, 9.17) is 0 Å². The summed E-state index contributed by atoms with van der Waals surface area (Å²) < 4.78 is 0. The Morgan fingerprint density at radius 3 is 0.810 bits per heavy atom. The molecule has 0 bridgehead atoms. The molecule has 0 aliphatic carbocycles. The molecule has 10 rings (SSSR count). The summed E-state index contributed by atoms with van der Waals surface area (Å²) in [6.07, 6.45) is 3.85. The zero-order chi connectivity index (χ0) is 39.4. The Bertz CT molecular complexity index is 2970. The third-order valence-electron chi connectivity index (χ3n) is 11.5. The number of hydrogen-bond acceptors (Lipinski definition) is 0. The lowest BCUT2D eigenvalue weighted by molar-refractivity contribution is 1.49. The van der Waals surface area contributed by atoms with Gasteiger partial charge in [0.05, 0.1) is 0 Å². The Labute approximate surface area is 341 Å². The van der Waals surface area contributed by atoms with E-state index in [0.29, 0.717) is 0 Å². The Morgan fingerprint density at radius 1 is 0.293 bits per heavy atom. The van der Waals surface area contributed by atoms with Crippen LogP contribution in [0, 0.1) is 0 Å². The summed E-state index contributed by atoms with van der Waals surface area (Å²) in [6, 6.07) is 75.4. The minimum atomic E-state index is 1.23. The largest absolute Gasteiger partial charge is 0.0988 e. The molecule has 58 heavy (non-hydrogen) atoms. The molecule has 0 aromatic heterocycles. The van der Waals surface area contributed by atoms with Crippen LogP contribution in [-0.4, -0.2) is 0 Å². The van der Waals surface area contributed by atoms with Crippen LogP contribution in [0.15, 0.2) is 231 Å². The normalized spacial score (nSPS) is 11.4. The molecule has 0 amide bonds. The third-order valence-corrected chi connectivity index (χ3v) is 11.5. The van der Waals surface area contributed by atoms with Crippen molar-refractivity contribution in [1.82, 2.24) is 0 Å². The van der Waals surface area contributed by atoms with Gasteiger partial charge in [0.15, 0.2) is 0 Å². The fourth-order valence-electron chi connectivity index (χ4n) is 8.47. The van der Waals surface area contributed by atoms with Gasteiger partial charge < -0.3 is 0 Å². The maximum Gasteiger partial charge on any atom is -0.00987 e. The van der Waals surface area contributed by atoms with Gasteiger partial charge in [-0.3, -0.25) is 0 Å². The average molecular weight is 741 g/mol. The van der Waals surface area contributed by atoms with Gasteiger partial charge in [0, 0.05) is 0 Å². The Balaban J connectivity index is 0.000000677. The van der Waals surface area contributed by atoms with Gasteiger partial charge in [0.1, 0.15) is 0 Å². The predicted molar refractivity (Wildman–Crippen MR) is 253 cm³/mol. The fourth-order valence-corrected chi connectivity index (χ4v) is 8.47. The number of allylic oxidation sites excluding steroid dienone is 3. The molecule has 10 aromatic carbocycles. The first-order chi connectivity index (χ1) is 28.6. The molecule has 0 aliphatic rings. The Morgan fingerprint density at radius 2 is 0.534 bits per heavy atom. The zero-order valence-corrected chi connectivity index (χ0v) is 33.0. The maximum absolute atomic E-state index is 3.56. The van der Waals surface area contributed by atoms with Crippen molar-refractivity contribution in [2.24, 2.45) is 0 Å². The Kier molecular flexibility index (Phi) is 10.1. The Hall–Kier alpha value is -7.28. The van der Waals surface area contributed by atoms with Gasteiger partial charge in [-0.15, -0.1) is 0 Å². The summed E-state index contributed by atoms with van der Waals surface area (Å²) in [7, 11) is 0. The van der Waals surface area contributed by atoms with E-state index in [1.807, 2.05) is 26.0 Å². The van der Waals surface area contributed by atoms with Gasteiger partial charge in [-0.2, -0.15) is 0 Å². The summed E-state index contributed by atoms with van der Waals surface area (Å²) in [6.45, 7) is 7.58. The lowest BCUT2D eigenvalue weighted by Crippen LogP contribution is -1.91. The molecule has 276 valence electrons. The summed E-state index contributed by atoms with van der Waals surface area (Å²) in [5, 5.41) is 10.1. The van der Waals surface area contributed by atoms with E-state index in [1.165, 1.54) is 104 Å². The van der Waals surface area contributed by atoms with E-state index in [0.717, 1.165) is 0 Å². The molecule has 0 atom stereocenters. The molecule has 0 aliphatic heterocycles. The number of hydrogen-bond donors (Lipinski definition) is 0. The molecule has 0 N–H and O–H groups in total. The van der Waals surface area contributed by atoms with E-state index in [-0.39, 0.29) is 0 Å². The summed E-state index contributed by atoms with van der Waals surface area (Å²) >= 11 is 0. The van der Waals surface area contributed by atoms with Crippen molar-refractivity contribution in [3.05, 3.63) is 231 Å². The van der Waals surface area contributed by atoms with Crippen molar-refractivity contribution >= 4 is 43.1 Å². The van der Waals surface area contributed by atoms with Gasteiger partial charge in [-0.25, -0.2) is 0 Å². The zero-order valence-electron chi connectivity index (χ0n) is 33.0. The van der Waals surface area contributed by atoms with Crippen LogP contribution < -0.4 is 0 Å². The van der Waals surface area contributed by atoms with Crippen molar-refractivity contribution in [2.45, 2.75) is 13.8 Å². The van der Waals surface area contributed by atoms with Gasteiger partial charge >= 0.3 is 0 Å². The molecule has 0 saturated heterocycles. The van der Waals surface area contributed by atoms with E-state index < -0.39 is 0 Å². The van der Waals surface area contributed by atoms with Crippen LogP contribution in [0.25, 0.3) is 98.7 Å². The minimum absolute atomic E-state index is 1.23. The highest BCUT2D eigenvalue weighted by Gasteiger charge is 2.17. The quantitative estimate of drug-likeness (QED) is 0.149. The first-order valence-corrected chi connectivity index (χ1v) is 20.1. The predicted octanol–water partition coefficient (Wildman–Crippen LogP) is 16.8. The highest BCUT2D eigenvalue weighted by atomic mass is 14.2. The first kappa shape index (κ1) is 36.4. The van der Waals surface area contributed by atoms with Gasteiger partial charge in [0.2, 0.25) is 0 Å². The summed E-state index contributed by atoms with van der Waals surface area (Å²) in [5.74, 6) is 0. The van der Waals surface area contributed by atoms with Crippen LogP contribution in [0.2, 0.25) is 0 Å². The maximum atomic E-state index is 3.56. The summed E-state index contributed by atoms with van der Waals surface area (Å²) in [4.78, 5) is 0. The van der Waals surface area contributed by atoms with Crippen LogP contribution in [0.1, 0.15) is 13.8 Å². The molecule has 0 heterocycles. The van der Waals surface area contributed by atoms with Crippen molar-refractivity contribution < 1.29 is 0 Å². The lowest BCUT2D eigenvalue weighted by Gasteiger charge is -2.18. The van der Waals surface area contributed by atoms with E-state index in [2.05, 4.69) is 213 Å². The molecule has 10 aromatic rings. The van der Waals surface area contributed by atoms with Gasteiger partial charge in [-0.1, -0.05) is 231 Å². The van der Waals surface area contributed by atoms with E-state index in [1.54, 1.807) is 0 Å². The third kappa shape index (κ3) is 6.70. The standard InChI is InChI=1S/C52H34.C6H10/c1-3-15-35(16-4-1)37-29-31-49(41-21-9-7-19-39(37)41)47-27-13-26-46-45(47)25-14-28-48(46)50-33-34-52(44-24-12-11-23-43(44)50)51-32-30-38(36-17-5-2-6-18-36)40-20-8-10-22-42(40)51;1-4-6(3)5-2/h1-34H;4-5H,1H2,2-3H3/b;6-5-. The second kappa shape index (κ2) is 16.1. The van der Waals surface area contributed by atoms with E-state index in [9.17, 15) is 0 Å². The molecular formula is C58H44. The number of rotatable bonds is 6. The monoisotopic (exact) mass is 740 g/mol. The molecule has 0 saturated carbocycles. The number of benzene rings is 10. The molecule has 0 fully saturated rings. The SMILES string of the molecule is C=C/C(C)=C\C.c1ccc(-c2ccc(-c3cccc4c(-c5ccc(-c6ccc(-c7ccccc7)c7ccccc67)c6ccccc56)cccc34)c3ccccc23)cc1. The second-order valence-electron chi connectivity index (χ2n) is 14.8. The molecular weight excluding hydrogens is 697 g/mol. The molecule has 0 spiro atoms. The van der Waals surface area contributed by atoms with E-state index >= 15 is 0 Å².